The highest BCUT2D eigenvalue weighted by Crippen LogP contribution is 2.30. The fraction of sp³-hybridized carbons (Fsp3) is 0.120. The van der Waals surface area contributed by atoms with E-state index in [9.17, 15) is 4.79 Å². The van der Waals surface area contributed by atoms with E-state index >= 15 is 0 Å². The van der Waals surface area contributed by atoms with Crippen molar-refractivity contribution >= 4 is 79.9 Å². The predicted molar refractivity (Wildman–Crippen MR) is 160 cm³/mol. The van der Waals surface area contributed by atoms with Crippen molar-refractivity contribution in [3.05, 3.63) is 82.9 Å². The molecular formula is C25H22ClN9OS3. The van der Waals surface area contributed by atoms with E-state index in [-0.39, 0.29) is 17.6 Å². The molecule has 0 saturated heterocycles. The number of anilines is 2. The minimum atomic E-state index is -0.263. The van der Waals surface area contributed by atoms with Crippen molar-refractivity contribution in [1.29, 1.82) is 0 Å². The molecule has 5 aromatic rings. The number of halogens is 1. The molecule has 4 N–H and O–H groups in total. The summed E-state index contributed by atoms with van der Waals surface area (Å²) >= 11 is 10.1. The number of hydrazone groups is 1. The Kier molecular flexibility index (Phi) is 8.61. The molecule has 0 atom stereocenters. The van der Waals surface area contributed by atoms with Crippen LogP contribution in [0, 0.1) is 0 Å². The predicted octanol–water partition coefficient (Wildman–Crippen LogP) is 5.51. The average molecular weight is 596 g/mol. The molecular weight excluding hydrogens is 574 g/mol. The molecule has 10 nitrogen and oxygen atoms in total. The molecule has 3 aromatic carbocycles. The van der Waals surface area contributed by atoms with E-state index in [0.717, 1.165) is 43.7 Å². The molecule has 0 aliphatic rings. The molecule has 0 aliphatic carbocycles. The molecule has 198 valence electrons. The lowest BCUT2D eigenvalue weighted by molar-refractivity contribution is -0.113. The number of hydrogen-bond acceptors (Lipinski definition) is 11. The first-order valence-corrected chi connectivity index (χ1v) is 14.7. The minimum absolute atomic E-state index is 0.0659. The van der Waals surface area contributed by atoms with Crippen molar-refractivity contribution in [2.45, 2.75) is 22.2 Å². The molecule has 0 fully saturated rings. The van der Waals surface area contributed by atoms with Gasteiger partial charge >= 0.3 is 0 Å². The minimum Gasteiger partial charge on any atom is -0.334 e. The summed E-state index contributed by atoms with van der Waals surface area (Å²) in [6.45, 7) is 1.89. The number of amides is 1. The highest BCUT2D eigenvalue weighted by molar-refractivity contribution is 8.00. The molecule has 2 heterocycles. The number of nitrogens with one attached hydrogen (secondary N) is 2. The number of benzene rings is 3. The second-order valence-corrected chi connectivity index (χ2v) is 11.7. The summed E-state index contributed by atoms with van der Waals surface area (Å²) in [5, 5.41) is 27.2. The van der Waals surface area contributed by atoms with Crippen molar-refractivity contribution in [2.24, 2.45) is 5.10 Å². The van der Waals surface area contributed by atoms with Crippen LogP contribution in [0.1, 0.15) is 18.1 Å². The Hall–Kier alpha value is -3.65. The van der Waals surface area contributed by atoms with E-state index in [1.54, 1.807) is 0 Å². The first kappa shape index (κ1) is 26.9. The van der Waals surface area contributed by atoms with Crippen LogP contribution in [0.25, 0.3) is 10.8 Å². The lowest BCUT2D eigenvalue weighted by Gasteiger charge is -2.05. The number of carbonyl (C=O) groups is 1. The summed E-state index contributed by atoms with van der Waals surface area (Å²) < 4.78 is 1.98. The van der Waals surface area contributed by atoms with Gasteiger partial charge in [0.15, 0.2) is 4.34 Å². The van der Waals surface area contributed by atoms with Gasteiger partial charge in [0, 0.05) is 10.8 Å². The summed E-state index contributed by atoms with van der Waals surface area (Å²) in [6, 6.07) is 21.9. The molecule has 0 aliphatic heterocycles. The highest BCUT2D eigenvalue weighted by Gasteiger charge is 2.14. The third-order valence-corrected chi connectivity index (χ3v) is 8.78. The Balaban J connectivity index is 1.12. The van der Waals surface area contributed by atoms with Crippen molar-refractivity contribution < 1.29 is 4.79 Å². The van der Waals surface area contributed by atoms with Crippen LogP contribution >= 0.6 is 46.5 Å². The van der Waals surface area contributed by atoms with E-state index < -0.39 is 0 Å². The first-order chi connectivity index (χ1) is 19.0. The largest absolute Gasteiger partial charge is 0.334 e. The van der Waals surface area contributed by atoms with Gasteiger partial charge in [0.2, 0.25) is 16.2 Å². The van der Waals surface area contributed by atoms with Gasteiger partial charge in [-0.15, -0.1) is 20.4 Å². The van der Waals surface area contributed by atoms with Gasteiger partial charge in [-0.05, 0) is 41.0 Å². The van der Waals surface area contributed by atoms with Crippen LogP contribution < -0.4 is 16.6 Å². The number of carbonyl (C=O) groups excluding carboxylic acids is 1. The van der Waals surface area contributed by atoms with Crippen molar-refractivity contribution in [3.63, 3.8) is 0 Å². The Morgan fingerprint density at radius 2 is 1.82 bits per heavy atom. The lowest BCUT2D eigenvalue weighted by atomic mass is 10.0. The molecule has 0 unspecified atom stereocenters. The van der Waals surface area contributed by atoms with E-state index in [1.165, 1.54) is 27.8 Å². The van der Waals surface area contributed by atoms with Crippen LogP contribution in [0.15, 0.2) is 81.3 Å². The molecule has 0 spiro atoms. The first-order valence-electron chi connectivity index (χ1n) is 11.6. The second kappa shape index (κ2) is 12.5. The average Bonchev–Trinajstić information content (AvgIpc) is 3.55. The highest BCUT2D eigenvalue weighted by atomic mass is 35.5. The third kappa shape index (κ3) is 6.87. The van der Waals surface area contributed by atoms with E-state index in [2.05, 4.69) is 60.5 Å². The van der Waals surface area contributed by atoms with Crippen molar-refractivity contribution in [1.82, 2.24) is 25.1 Å². The SMILES string of the molecule is C/C(=N\Nc1nnc(SCC(=O)Nc2nnc(SCc3ccccc3Cl)s2)n1N)c1ccc2ccccc2c1. The van der Waals surface area contributed by atoms with Crippen molar-refractivity contribution in [3.8, 4) is 0 Å². The van der Waals surface area contributed by atoms with Gasteiger partial charge in [-0.3, -0.25) is 10.1 Å². The summed E-state index contributed by atoms with van der Waals surface area (Å²) in [5.74, 6) is 6.83. The van der Waals surface area contributed by atoms with Crippen LogP contribution in [0.2, 0.25) is 5.02 Å². The number of nitrogens with zero attached hydrogens (tertiary/aromatic N) is 6. The molecule has 14 heteroatoms. The fourth-order valence-corrected chi connectivity index (χ4v) is 6.13. The standard InChI is InChI=1S/C25H22ClN9OS3/c1-15(17-11-10-16-6-2-3-7-18(16)12-17)29-30-22-31-33-24(35(22)27)37-14-21(36)28-23-32-34-25(39-23)38-13-19-8-4-5-9-20(19)26/h2-12H,13-14,27H2,1H3,(H,30,31)(H,28,32,36)/b29-15+. The molecule has 0 bridgehead atoms. The number of rotatable bonds is 10. The Morgan fingerprint density at radius 3 is 2.67 bits per heavy atom. The van der Waals surface area contributed by atoms with Gasteiger partial charge in [-0.25, -0.2) is 10.1 Å². The van der Waals surface area contributed by atoms with Crippen molar-refractivity contribution in [2.75, 3.05) is 22.3 Å². The van der Waals surface area contributed by atoms with E-state index in [1.807, 2.05) is 49.4 Å². The Morgan fingerprint density at radius 1 is 1.03 bits per heavy atom. The number of hydrogen-bond donors (Lipinski definition) is 3. The van der Waals surface area contributed by atoms with E-state index in [4.69, 9.17) is 17.4 Å². The summed E-state index contributed by atoms with van der Waals surface area (Å²) in [5.41, 5.74) is 5.59. The Bertz CT molecular complexity index is 1650. The fourth-order valence-electron chi connectivity index (χ4n) is 3.42. The smallest absolute Gasteiger partial charge is 0.264 e. The van der Waals surface area contributed by atoms with Crippen LogP contribution in [-0.4, -0.2) is 42.4 Å². The van der Waals surface area contributed by atoms with Gasteiger partial charge in [-0.2, -0.15) is 5.10 Å². The van der Waals surface area contributed by atoms with Gasteiger partial charge in [0.05, 0.1) is 11.5 Å². The molecule has 2 aromatic heterocycles. The molecule has 0 radical (unpaired) electrons. The van der Waals surface area contributed by atoms with E-state index in [0.29, 0.717) is 21.1 Å². The zero-order valence-corrected chi connectivity index (χ0v) is 23.7. The molecule has 39 heavy (non-hydrogen) atoms. The van der Waals surface area contributed by atoms with Crippen LogP contribution in [0.4, 0.5) is 11.1 Å². The topological polar surface area (TPSA) is 136 Å². The number of aromatic nitrogens is 5. The third-order valence-electron chi connectivity index (χ3n) is 5.45. The molecule has 1 amide bonds. The zero-order valence-electron chi connectivity index (χ0n) is 20.5. The van der Waals surface area contributed by atoms with Gasteiger partial charge in [-0.1, -0.05) is 101 Å². The monoisotopic (exact) mass is 595 g/mol. The van der Waals surface area contributed by atoms with Crippen LogP contribution in [-0.2, 0) is 10.5 Å². The maximum Gasteiger partial charge on any atom is 0.264 e. The van der Waals surface area contributed by atoms with Gasteiger partial charge in [0.25, 0.3) is 5.95 Å². The molecule has 0 saturated carbocycles. The lowest BCUT2D eigenvalue weighted by Crippen LogP contribution is -2.17. The number of nitrogen functional groups attached to an aromatic ring is 1. The number of fused-ring (bicyclic) bond motifs is 1. The second-order valence-electron chi connectivity index (χ2n) is 8.14. The zero-order chi connectivity index (χ0) is 27.2. The summed E-state index contributed by atoms with van der Waals surface area (Å²) in [4.78, 5) is 12.4. The molecule has 5 rings (SSSR count). The normalized spacial score (nSPS) is 11.6. The number of thioether (sulfide) groups is 2. The maximum absolute atomic E-state index is 12.4. The number of nitrogens with two attached hydrogens (primary N) is 1. The Labute approximate surface area is 241 Å². The van der Waals surface area contributed by atoms with Crippen LogP contribution in [0.5, 0.6) is 0 Å². The van der Waals surface area contributed by atoms with Crippen LogP contribution in [0.3, 0.4) is 0 Å². The summed E-state index contributed by atoms with van der Waals surface area (Å²) in [7, 11) is 0. The van der Waals surface area contributed by atoms with Gasteiger partial charge in [0.1, 0.15) is 0 Å². The van der Waals surface area contributed by atoms with Gasteiger partial charge < -0.3 is 5.84 Å². The summed E-state index contributed by atoms with van der Waals surface area (Å²) in [6.07, 6.45) is 0. The quantitative estimate of drug-likeness (QED) is 0.0627. The maximum atomic E-state index is 12.4.